The number of nitrogens with one attached hydrogen (secondary N) is 1. The first kappa shape index (κ1) is 11.0. The standard InChI is InChI=1S/C13H19N3O/c1-2-12(8-14-5-1)15-11-3-6-16(7-4-11)13-9-17-10-13/h1-2,5,8,11,13,15H,3-4,6-7,9-10H2. The van der Waals surface area contributed by atoms with Gasteiger partial charge in [-0.3, -0.25) is 9.88 Å². The van der Waals surface area contributed by atoms with Gasteiger partial charge in [-0.1, -0.05) is 0 Å². The van der Waals surface area contributed by atoms with Crippen molar-refractivity contribution in [1.82, 2.24) is 9.88 Å². The molecule has 0 unspecified atom stereocenters. The Morgan fingerprint density at radius 1 is 1.29 bits per heavy atom. The zero-order valence-electron chi connectivity index (χ0n) is 10.0. The van der Waals surface area contributed by atoms with Crippen LogP contribution in [0.5, 0.6) is 0 Å². The Labute approximate surface area is 102 Å². The number of nitrogens with zero attached hydrogens (tertiary/aromatic N) is 2. The molecule has 2 aliphatic heterocycles. The van der Waals surface area contributed by atoms with E-state index >= 15 is 0 Å². The Morgan fingerprint density at radius 3 is 2.71 bits per heavy atom. The molecule has 4 nitrogen and oxygen atoms in total. The Hall–Kier alpha value is -1.13. The average Bonchev–Trinajstić information content (AvgIpc) is 2.31. The highest BCUT2D eigenvalue weighted by molar-refractivity contribution is 5.40. The SMILES string of the molecule is c1cncc(NC2CCN(C3COC3)CC2)c1. The van der Waals surface area contributed by atoms with Crippen LogP contribution in [0.2, 0.25) is 0 Å². The van der Waals surface area contributed by atoms with E-state index in [1.807, 2.05) is 18.5 Å². The van der Waals surface area contributed by atoms with Gasteiger partial charge in [-0.15, -0.1) is 0 Å². The molecule has 1 aromatic heterocycles. The predicted octanol–water partition coefficient (Wildman–Crippen LogP) is 1.36. The lowest BCUT2D eigenvalue weighted by Crippen LogP contribution is -2.53. The normalized spacial score (nSPS) is 23.3. The molecule has 2 fully saturated rings. The molecule has 3 heterocycles. The maximum absolute atomic E-state index is 5.25. The summed E-state index contributed by atoms with van der Waals surface area (Å²) >= 11 is 0. The first-order valence-corrected chi connectivity index (χ1v) is 6.40. The van der Waals surface area contributed by atoms with Crippen LogP contribution in [0.15, 0.2) is 24.5 Å². The van der Waals surface area contributed by atoms with Gasteiger partial charge in [0, 0.05) is 31.5 Å². The van der Waals surface area contributed by atoms with Gasteiger partial charge >= 0.3 is 0 Å². The maximum Gasteiger partial charge on any atom is 0.0645 e. The van der Waals surface area contributed by atoms with Crippen molar-refractivity contribution in [2.24, 2.45) is 0 Å². The van der Waals surface area contributed by atoms with E-state index in [1.165, 1.54) is 25.9 Å². The largest absolute Gasteiger partial charge is 0.381 e. The van der Waals surface area contributed by atoms with Crippen LogP contribution < -0.4 is 5.32 Å². The maximum atomic E-state index is 5.25. The Morgan fingerprint density at radius 2 is 2.12 bits per heavy atom. The van der Waals surface area contributed by atoms with E-state index in [2.05, 4.69) is 21.3 Å². The monoisotopic (exact) mass is 233 g/mol. The van der Waals surface area contributed by atoms with Gasteiger partial charge in [-0.05, 0) is 25.0 Å². The van der Waals surface area contributed by atoms with E-state index in [0.717, 1.165) is 18.9 Å². The summed E-state index contributed by atoms with van der Waals surface area (Å²) in [6.07, 6.45) is 6.13. The first-order chi connectivity index (χ1) is 8.42. The van der Waals surface area contributed by atoms with Crippen LogP contribution >= 0.6 is 0 Å². The van der Waals surface area contributed by atoms with Crippen molar-refractivity contribution >= 4 is 5.69 Å². The molecular weight excluding hydrogens is 214 g/mol. The number of anilines is 1. The number of ether oxygens (including phenoxy) is 1. The van der Waals surface area contributed by atoms with Crippen molar-refractivity contribution in [3.63, 3.8) is 0 Å². The molecule has 0 radical (unpaired) electrons. The zero-order valence-corrected chi connectivity index (χ0v) is 10.0. The second-order valence-corrected chi connectivity index (χ2v) is 4.89. The van der Waals surface area contributed by atoms with Crippen LogP contribution in [0, 0.1) is 0 Å². The number of likely N-dealkylation sites (tertiary alicyclic amines) is 1. The Bertz CT molecular complexity index is 345. The summed E-state index contributed by atoms with van der Waals surface area (Å²) in [5.74, 6) is 0. The number of rotatable bonds is 3. The fourth-order valence-corrected chi connectivity index (χ4v) is 2.53. The predicted molar refractivity (Wildman–Crippen MR) is 67.1 cm³/mol. The zero-order chi connectivity index (χ0) is 11.5. The number of hydrogen-bond donors (Lipinski definition) is 1. The van der Waals surface area contributed by atoms with Crippen LogP contribution in [0.25, 0.3) is 0 Å². The molecule has 0 saturated carbocycles. The van der Waals surface area contributed by atoms with Gasteiger partial charge in [0.25, 0.3) is 0 Å². The van der Waals surface area contributed by atoms with Gasteiger partial charge in [-0.25, -0.2) is 0 Å². The van der Waals surface area contributed by atoms with Crippen molar-refractivity contribution < 1.29 is 4.74 Å². The lowest BCUT2D eigenvalue weighted by atomic mass is 10.0. The van der Waals surface area contributed by atoms with Crippen LogP contribution in [-0.4, -0.2) is 48.3 Å². The van der Waals surface area contributed by atoms with Crippen molar-refractivity contribution in [2.75, 3.05) is 31.6 Å². The summed E-state index contributed by atoms with van der Waals surface area (Å²) in [5.41, 5.74) is 1.14. The summed E-state index contributed by atoms with van der Waals surface area (Å²) in [4.78, 5) is 6.69. The van der Waals surface area contributed by atoms with E-state index in [9.17, 15) is 0 Å². The lowest BCUT2D eigenvalue weighted by Gasteiger charge is -2.41. The fourth-order valence-electron chi connectivity index (χ4n) is 2.53. The number of hydrogen-bond acceptors (Lipinski definition) is 4. The summed E-state index contributed by atoms with van der Waals surface area (Å²) in [6, 6.07) is 5.34. The van der Waals surface area contributed by atoms with Gasteiger partial charge in [0.05, 0.1) is 24.9 Å². The molecule has 0 amide bonds. The van der Waals surface area contributed by atoms with Crippen molar-refractivity contribution in [2.45, 2.75) is 24.9 Å². The van der Waals surface area contributed by atoms with Crippen LogP contribution in [-0.2, 0) is 4.74 Å². The second kappa shape index (κ2) is 5.02. The third-order valence-corrected chi connectivity index (χ3v) is 3.70. The topological polar surface area (TPSA) is 37.4 Å². The van der Waals surface area contributed by atoms with Gasteiger partial charge in [0.1, 0.15) is 0 Å². The number of piperidine rings is 1. The molecule has 0 atom stereocenters. The van der Waals surface area contributed by atoms with E-state index in [-0.39, 0.29) is 0 Å². The molecule has 0 spiro atoms. The van der Waals surface area contributed by atoms with E-state index in [1.54, 1.807) is 0 Å². The molecule has 1 N–H and O–H groups in total. The molecule has 3 rings (SSSR count). The lowest BCUT2D eigenvalue weighted by molar-refractivity contribution is -0.0705. The van der Waals surface area contributed by atoms with Gasteiger partial charge < -0.3 is 10.1 Å². The molecule has 0 aliphatic carbocycles. The highest BCUT2D eigenvalue weighted by Crippen LogP contribution is 2.20. The smallest absolute Gasteiger partial charge is 0.0645 e. The Balaban J connectivity index is 1.48. The highest BCUT2D eigenvalue weighted by Gasteiger charge is 2.29. The molecule has 1 aromatic rings. The second-order valence-electron chi connectivity index (χ2n) is 4.89. The summed E-state index contributed by atoms with van der Waals surface area (Å²) in [5, 5.41) is 3.56. The summed E-state index contributed by atoms with van der Waals surface area (Å²) < 4.78 is 5.25. The van der Waals surface area contributed by atoms with Crippen molar-refractivity contribution in [3.8, 4) is 0 Å². The minimum Gasteiger partial charge on any atom is -0.381 e. The van der Waals surface area contributed by atoms with Crippen molar-refractivity contribution in [3.05, 3.63) is 24.5 Å². The third-order valence-electron chi connectivity index (χ3n) is 3.70. The van der Waals surface area contributed by atoms with Crippen LogP contribution in [0.4, 0.5) is 5.69 Å². The minimum atomic E-state index is 0.594. The number of aromatic nitrogens is 1. The fraction of sp³-hybridized carbons (Fsp3) is 0.615. The van der Waals surface area contributed by atoms with Gasteiger partial charge in [0.2, 0.25) is 0 Å². The van der Waals surface area contributed by atoms with E-state index < -0.39 is 0 Å². The van der Waals surface area contributed by atoms with Crippen LogP contribution in [0.1, 0.15) is 12.8 Å². The third kappa shape index (κ3) is 2.58. The molecule has 92 valence electrons. The molecule has 17 heavy (non-hydrogen) atoms. The summed E-state index contributed by atoms with van der Waals surface area (Å²) in [6.45, 7) is 4.24. The molecular formula is C13H19N3O. The summed E-state index contributed by atoms with van der Waals surface area (Å²) in [7, 11) is 0. The first-order valence-electron chi connectivity index (χ1n) is 6.40. The van der Waals surface area contributed by atoms with E-state index in [4.69, 9.17) is 4.74 Å². The molecule has 0 aromatic carbocycles. The van der Waals surface area contributed by atoms with Crippen LogP contribution in [0.3, 0.4) is 0 Å². The highest BCUT2D eigenvalue weighted by atomic mass is 16.5. The Kier molecular flexibility index (Phi) is 3.25. The molecule has 0 bridgehead atoms. The average molecular weight is 233 g/mol. The van der Waals surface area contributed by atoms with Crippen molar-refractivity contribution in [1.29, 1.82) is 0 Å². The van der Waals surface area contributed by atoms with Gasteiger partial charge in [0.15, 0.2) is 0 Å². The van der Waals surface area contributed by atoms with E-state index in [0.29, 0.717) is 12.1 Å². The number of pyridine rings is 1. The van der Waals surface area contributed by atoms with Gasteiger partial charge in [-0.2, -0.15) is 0 Å². The minimum absolute atomic E-state index is 0.594. The molecule has 2 aliphatic rings. The molecule has 2 saturated heterocycles. The molecule has 4 heteroatoms. The quantitative estimate of drug-likeness (QED) is 0.855.